The Labute approximate surface area is 191 Å². The summed E-state index contributed by atoms with van der Waals surface area (Å²) in [5, 5.41) is 3.30. The molecule has 0 bridgehead atoms. The number of nitrogens with one attached hydrogen (secondary N) is 1. The van der Waals surface area contributed by atoms with Crippen molar-refractivity contribution in [3.8, 4) is 5.75 Å². The summed E-state index contributed by atoms with van der Waals surface area (Å²) >= 11 is 11.9. The first kappa shape index (κ1) is 23.1. The van der Waals surface area contributed by atoms with Crippen LogP contribution in [0.2, 0.25) is 10.0 Å². The number of methoxy groups -OCH3 is 1. The van der Waals surface area contributed by atoms with Crippen LogP contribution in [0.15, 0.2) is 77.7 Å². The lowest BCUT2D eigenvalue weighted by molar-refractivity contribution is -0.116. The summed E-state index contributed by atoms with van der Waals surface area (Å²) < 4.78 is 32.8. The van der Waals surface area contributed by atoms with Gasteiger partial charge in [0.1, 0.15) is 5.75 Å². The molecule has 3 aromatic carbocycles. The third kappa shape index (κ3) is 5.98. The number of benzene rings is 3. The third-order valence-corrected chi connectivity index (χ3v) is 6.97. The molecule has 0 saturated carbocycles. The largest absolute Gasteiger partial charge is 0.497 e. The zero-order valence-electron chi connectivity index (χ0n) is 16.6. The van der Waals surface area contributed by atoms with E-state index < -0.39 is 15.9 Å². The molecule has 0 unspecified atom stereocenters. The maximum Gasteiger partial charge on any atom is 0.243 e. The molecule has 3 rings (SSSR count). The molecular weight excluding hydrogens is 459 g/mol. The molecule has 162 valence electrons. The first-order chi connectivity index (χ1) is 14.8. The molecule has 0 fully saturated rings. The van der Waals surface area contributed by atoms with E-state index in [0.29, 0.717) is 16.5 Å². The molecule has 1 N–H and O–H groups in total. The fourth-order valence-electron chi connectivity index (χ4n) is 2.84. The molecule has 0 aliphatic carbocycles. The number of anilines is 1. The molecule has 6 nitrogen and oxygen atoms in total. The van der Waals surface area contributed by atoms with Gasteiger partial charge in [-0.1, -0.05) is 53.5 Å². The van der Waals surface area contributed by atoms with Crippen molar-refractivity contribution in [2.24, 2.45) is 0 Å². The van der Waals surface area contributed by atoms with E-state index in [-0.39, 0.29) is 23.0 Å². The van der Waals surface area contributed by atoms with Gasteiger partial charge in [-0.3, -0.25) is 4.79 Å². The lowest BCUT2D eigenvalue weighted by Crippen LogP contribution is -2.37. The monoisotopic (exact) mass is 478 g/mol. The number of sulfonamides is 1. The molecule has 0 saturated heterocycles. The number of nitrogens with zero attached hydrogens (tertiary/aromatic N) is 1. The summed E-state index contributed by atoms with van der Waals surface area (Å²) in [5.41, 5.74) is 1.17. The molecule has 31 heavy (non-hydrogen) atoms. The topological polar surface area (TPSA) is 75.7 Å². The molecule has 1 amide bonds. The number of carbonyl (C=O) groups excluding carboxylic acids is 1. The molecule has 0 atom stereocenters. The van der Waals surface area contributed by atoms with Crippen LogP contribution < -0.4 is 10.1 Å². The van der Waals surface area contributed by atoms with Crippen LogP contribution in [0.1, 0.15) is 5.56 Å². The average molecular weight is 479 g/mol. The van der Waals surface area contributed by atoms with Gasteiger partial charge >= 0.3 is 0 Å². The van der Waals surface area contributed by atoms with Crippen molar-refractivity contribution in [2.75, 3.05) is 19.0 Å². The van der Waals surface area contributed by atoms with Crippen molar-refractivity contribution in [1.82, 2.24) is 4.31 Å². The number of carbonyl (C=O) groups is 1. The Bertz CT molecular complexity index is 1150. The number of halogens is 2. The Hall–Kier alpha value is -2.58. The van der Waals surface area contributed by atoms with E-state index in [1.807, 2.05) is 18.2 Å². The van der Waals surface area contributed by atoms with Crippen molar-refractivity contribution in [1.29, 1.82) is 0 Å². The Balaban J connectivity index is 1.86. The lowest BCUT2D eigenvalue weighted by atomic mass is 10.2. The predicted octanol–water partition coefficient (Wildman–Crippen LogP) is 4.83. The standard InChI is InChI=1S/C22H20Cl2N2O4S/c1-30-18-8-10-19(11-9-18)31(28,29)26(14-16-5-3-2-4-6-16)15-22(27)25-17-7-12-20(23)21(24)13-17/h2-13H,14-15H2,1H3,(H,25,27). The minimum absolute atomic E-state index is 0.0317. The van der Waals surface area contributed by atoms with Crippen LogP contribution in [0.5, 0.6) is 5.75 Å². The zero-order valence-corrected chi connectivity index (χ0v) is 18.9. The molecule has 0 aromatic heterocycles. The highest BCUT2D eigenvalue weighted by molar-refractivity contribution is 7.89. The van der Waals surface area contributed by atoms with E-state index in [4.69, 9.17) is 27.9 Å². The van der Waals surface area contributed by atoms with Crippen LogP contribution in [0.25, 0.3) is 0 Å². The zero-order chi connectivity index (χ0) is 22.4. The lowest BCUT2D eigenvalue weighted by Gasteiger charge is -2.22. The number of rotatable bonds is 8. The van der Waals surface area contributed by atoms with E-state index in [0.717, 1.165) is 9.87 Å². The van der Waals surface area contributed by atoms with Crippen LogP contribution in [-0.4, -0.2) is 32.3 Å². The van der Waals surface area contributed by atoms with Crippen molar-refractivity contribution in [3.63, 3.8) is 0 Å². The van der Waals surface area contributed by atoms with Crippen LogP contribution in [0.4, 0.5) is 5.69 Å². The van der Waals surface area contributed by atoms with Crippen molar-refractivity contribution in [2.45, 2.75) is 11.4 Å². The molecule has 3 aromatic rings. The van der Waals surface area contributed by atoms with Crippen molar-refractivity contribution < 1.29 is 17.9 Å². The van der Waals surface area contributed by atoms with E-state index in [1.54, 1.807) is 36.4 Å². The van der Waals surface area contributed by atoms with E-state index in [2.05, 4.69) is 5.32 Å². The first-order valence-electron chi connectivity index (χ1n) is 9.22. The summed E-state index contributed by atoms with van der Waals surface area (Å²) in [5.74, 6) is 0.0253. The summed E-state index contributed by atoms with van der Waals surface area (Å²) in [6, 6.07) is 19.7. The second kappa shape index (κ2) is 10.2. The highest BCUT2D eigenvalue weighted by Crippen LogP contribution is 2.25. The molecule has 0 spiro atoms. The maximum absolute atomic E-state index is 13.3. The predicted molar refractivity (Wildman–Crippen MR) is 122 cm³/mol. The normalized spacial score (nSPS) is 11.4. The molecule has 9 heteroatoms. The van der Waals surface area contributed by atoms with Gasteiger partial charge in [-0.25, -0.2) is 8.42 Å². The molecule has 0 aliphatic heterocycles. The quantitative estimate of drug-likeness (QED) is 0.502. The molecular formula is C22H20Cl2N2O4S. The second-order valence-corrected chi connectivity index (χ2v) is 9.36. The fourth-order valence-corrected chi connectivity index (χ4v) is 4.53. The minimum Gasteiger partial charge on any atom is -0.497 e. The van der Waals surface area contributed by atoms with Crippen LogP contribution >= 0.6 is 23.2 Å². The number of amides is 1. The second-order valence-electron chi connectivity index (χ2n) is 6.61. The van der Waals surface area contributed by atoms with Gasteiger partial charge in [-0.05, 0) is 48.0 Å². The molecule has 0 heterocycles. The van der Waals surface area contributed by atoms with Crippen LogP contribution in [0, 0.1) is 0 Å². The Morgan fingerprint density at radius 3 is 2.26 bits per heavy atom. The van der Waals surface area contributed by atoms with Gasteiger partial charge in [0.05, 0.1) is 28.6 Å². The smallest absolute Gasteiger partial charge is 0.243 e. The average Bonchev–Trinajstić information content (AvgIpc) is 2.76. The number of hydrogen-bond acceptors (Lipinski definition) is 4. The Morgan fingerprint density at radius 2 is 1.65 bits per heavy atom. The number of ether oxygens (including phenoxy) is 1. The highest BCUT2D eigenvalue weighted by atomic mass is 35.5. The maximum atomic E-state index is 13.3. The van der Waals surface area contributed by atoms with Gasteiger partial charge in [-0.15, -0.1) is 0 Å². The first-order valence-corrected chi connectivity index (χ1v) is 11.4. The highest BCUT2D eigenvalue weighted by Gasteiger charge is 2.27. The minimum atomic E-state index is -3.96. The third-order valence-electron chi connectivity index (χ3n) is 4.42. The SMILES string of the molecule is COc1ccc(S(=O)(=O)N(CC(=O)Nc2ccc(Cl)c(Cl)c2)Cc2ccccc2)cc1. The van der Waals surface area contributed by atoms with Gasteiger partial charge in [0.25, 0.3) is 0 Å². The van der Waals surface area contributed by atoms with Crippen molar-refractivity contribution >= 4 is 44.8 Å². The van der Waals surface area contributed by atoms with Gasteiger partial charge in [0.2, 0.25) is 15.9 Å². The van der Waals surface area contributed by atoms with E-state index in [1.165, 1.54) is 25.3 Å². The van der Waals surface area contributed by atoms with E-state index in [9.17, 15) is 13.2 Å². The van der Waals surface area contributed by atoms with E-state index >= 15 is 0 Å². The van der Waals surface area contributed by atoms with Gasteiger partial charge in [0.15, 0.2) is 0 Å². The van der Waals surface area contributed by atoms with Gasteiger partial charge in [-0.2, -0.15) is 4.31 Å². The summed E-state index contributed by atoms with van der Waals surface area (Å²) in [7, 11) is -2.46. The Kier molecular flexibility index (Phi) is 7.56. The summed E-state index contributed by atoms with van der Waals surface area (Å²) in [6.45, 7) is -0.354. The van der Waals surface area contributed by atoms with Gasteiger partial charge in [0, 0.05) is 12.2 Å². The Morgan fingerprint density at radius 1 is 0.968 bits per heavy atom. The number of hydrogen-bond donors (Lipinski definition) is 1. The summed E-state index contributed by atoms with van der Waals surface area (Å²) in [6.07, 6.45) is 0. The fraction of sp³-hybridized carbons (Fsp3) is 0.136. The van der Waals surface area contributed by atoms with Crippen molar-refractivity contribution in [3.05, 3.63) is 88.4 Å². The van der Waals surface area contributed by atoms with Crippen LogP contribution in [-0.2, 0) is 21.4 Å². The molecule has 0 radical (unpaired) electrons. The summed E-state index contributed by atoms with van der Waals surface area (Å²) in [4.78, 5) is 12.7. The van der Waals surface area contributed by atoms with Gasteiger partial charge < -0.3 is 10.1 Å². The molecule has 0 aliphatic rings. The van der Waals surface area contributed by atoms with Crippen LogP contribution in [0.3, 0.4) is 0 Å².